The van der Waals surface area contributed by atoms with Crippen molar-refractivity contribution in [1.29, 1.82) is 0 Å². The molecule has 1 N–H and O–H groups in total. The highest BCUT2D eigenvalue weighted by Crippen LogP contribution is 2.34. The van der Waals surface area contributed by atoms with E-state index in [4.69, 9.17) is 11.6 Å². The zero-order chi connectivity index (χ0) is 26.6. The normalized spacial score (nSPS) is 11.2. The molecule has 0 saturated heterocycles. The zero-order valence-electron chi connectivity index (χ0n) is 20.8. The standard InChI is InChI=1S/C29H24ClFN6O/c1-37(2)11-10-34-29(38)26-8-5-18(17-35-26)19-12-20(16-32-15-19)23-14-27(24-13-21(30)6-7-25(24)31)36-28-22(23)4-3-9-33-28/h3-9,12-17H,10-11H2,1-2H3,(H,34,38). The molecule has 5 rings (SSSR count). The Morgan fingerprint density at radius 2 is 1.79 bits per heavy atom. The van der Waals surface area contributed by atoms with Crippen molar-refractivity contribution in [2.75, 3.05) is 27.2 Å². The van der Waals surface area contributed by atoms with Crippen LogP contribution in [0.25, 0.3) is 44.5 Å². The molecule has 0 atom stereocenters. The Morgan fingerprint density at radius 3 is 2.58 bits per heavy atom. The molecular formula is C29H24ClFN6O. The molecule has 0 bridgehead atoms. The van der Waals surface area contributed by atoms with Crippen molar-refractivity contribution < 1.29 is 9.18 Å². The molecule has 0 saturated carbocycles. The quantitative estimate of drug-likeness (QED) is 0.301. The molecule has 0 radical (unpaired) electrons. The Bertz CT molecular complexity index is 1620. The minimum atomic E-state index is -0.424. The minimum Gasteiger partial charge on any atom is -0.349 e. The largest absolute Gasteiger partial charge is 0.349 e. The van der Waals surface area contributed by atoms with Crippen LogP contribution in [0.15, 0.2) is 79.4 Å². The van der Waals surface area contributed by atoms with Crippen LogP contribution in [-0.4, -0.2) is 57.9 Å². The third kappa shape index (κ3) is 5.51. The molecule has 5 aromatic rings. The number of fused-ring (bicyclic) bond motifs is 1. The number of benzene rings is 1. The van der Waals surface area contributed by atoms with E-state index < -0.39 is 5.82 Å². The molecule has 38 heavy (non-hydrogen) atoms. The van der Waals surface area contributed by atoms with Crippen LogP contribution in [0.1, 0.15) is 10.5 Å². The average Bonchev–Trinajstić information content (AvgIpc) is 2.93. The van der Waals surface area contributed by atoms with Crippen molar-refractivity contribution >= 4 is 28.5 Å². The molecule has 0 unspecified atom stereocenters. The van der Waals surface area contributed by atoms with Crippen molar-refractivity contribution in [1.82, 2.24) is 30.2 Å². The van der Waals surface area contributed by atoms with Crippen molar-refractivity contribution in [2.45, 2.75) is 0 Å². The molecule has 190 valence electrons. The maximum atomic E-state index is 14.7. The number of rotatable bonds is 7. The van der Waals surface area contributed by atoms with Gasteiger partial charge < -0.3 is 10.2 Å². The van der Waals surface area contributed by atoms with Gasteiger partial charge in [0.25, 0.3) is 5.91 Å². The van der Waals surface area contributed by atoms with Gasteiger partial charge in [0.1, 0.15) is 11.5 Å². The molecule has 0 aliphatic carbocycles. The van der Waals surface area contributed by atoms with E-state index in [1.807, 2.05) is 49.3 Å². The van der Waals surface area contributed by atoms with Gasteiger partial charge in [-0.15, -0.1) is 0 Å². The Kier molecular flexibility index (Phi) is 7.35. The fraction of sp³-hybridized carbons (Fsp3) is 0.138. The minimum absolute atomic E-state index is 0.221. The smallest absolute Gasteiger partial charge is 0.269 e. The summed E-state index contributed by atoms with van der Waals surface area (Å²) in [7, 11) is 3.89. The number of nitrogens with one attached hydrogen (secondary N) is 1. The van der Waals surface area contributed by atoms with E-state index in [1.54, 1.807) is 36.9 Å². The van der Waals surface area contributed by atoms with Crippen molar-refractivity contribution in [3.05, 3.63) is 95.9 Å². The lowest BCUT2D eigenvalue weighted by Gasteiger charge is -2.12. The highest BCUT2D eigenvalue weighted by atomic mass is 35.5. The summed E-state index contributed by atoms with van der Waals surface area (Å²) in [6.07, 6.45) is 6.77. The summed E-state index contributed by atoms with van der Waals surface area (Å²) in [6.45, 7) is 1.28. The summed E-state index contributed by atoms with van der Waals surface area (Å²) in [4.78, 5) is 32.2. The van der Waals surface area contributed by atoms with Gasteiger partial charge in [0, 0.05) is 70.5 Å². The maximum Gasteiger partial charge on any atom is 0.269 e. The second kappa shape index (κ2) is 11.0. The van der Waals surface area contributed by atoms with E-state index in [1.165, 1.54) is 12.1 Å². The molecule has 0 fully saturated rings. The van der Waals surface area contributed by atoms with Crippen LogP contribution >= 0.6 is 11.6 Å². The lowest BCUT2D eigenvalue weighted by atomic mass is 9.98. The highest BCUT2D eigenvalue weighted by molar-refractivity contribution is 6.30. The van der Waals surface area contributed by atoms with Gasteiger partial charge in [-0.05, 0) is 68.2 Å². The summed E-state index contributed by atoms with van der Waals surface area (Å²) in [5.74, 6) is -0.645. The van der Waals surface area contributed by atoms with Crippen molar-refractivity contribution in [3.63, 3.8) is 0 Å². The first-order chi connectivity index (χ1) is 18.4. The van der Waals surface area contributed by atoms with Crippen molar-refractivity contribution in [3.8, 4) is 33.5 Å². The van der Waals surface area contributed by atoms with Gasteiger partial charge in [-0.25, -0.2) is 14.4 Å². The predicted octanol–water partition coefficient (Wildman–Crippen LogP) is 5.50. The number of hydrogen-bond acceptors (Lipinski definition) is 6. The van der Waals surface area contributed by atoms with Gasteiger partial charge in [-0.2, -0.15) is 0 Å². The molecule has 4 heterocycles. The number of pyridine rings is 4. The van der Waals surface area contributed by atoms with Gasteiger partial charge in [-0.1, -0.05) is 17.7 Å². The van der Waals surface area contributed by atoms with Crippen molar-refractivity contribution in [2.24, 2.45) is 0 Å². The Hall–Kier alpha value is -4.27. The van der Waals surface area contributed by atoms with Gasteiger partial charge in [0.2, 0.25) is 0 Å². The Morgan fingerprint density at radius 1 is 0.947 bits per heavy atom. The van der Waals surface area contributed by atoms with Crippen LogP contribution in [0, 0.1) is 5.82 Å². The van der Waals surface area contributed by atoms with Crippen LogP contribution in [0.4, 0.5) is 4.39 Å². The van der Waals surface area contributed by atoms with E-state index in [2.05, 4.69) is 25.3 Å². The van der Waals surface area contributed by atoms with Gasteiger partial charge in [0.05, 0.1) is 5.69 Å². The van der Waals surface area contributed by atoms with Crippen LogP contribution in [0.2, 0.25) is 5.02 Å². The summed E-state index contributed by atoms with van der Waals surface area (Å²) in [5, 5.41) is 4.08. The molecule has 9 heteroatoms. The van der Waals surface area contributed by atoms with Gasteiger partial charge >= 0.3 is 0 Å². The second-order valence-electron chi connectivity index (χ2n) is 9.01. The van der Waals surface area contributed by atoms with Crippen LogP contribution in [-0.2, 0) is 0 Å². The summed E-state index contributed by atoms with van der Waals surface area (Å²) in [6, 6.07) is 15.4. The first-order valence-electron chi connectivity index (χ1n) is 11.9. The van der Waals surface area contributed by atoms with E-state index in [0.29, 0.717) is 34.2 Å². The molecular weight excluding hydrogens is 503 g/mol. The summed E-state index contributed by atoms with van der Waals surface area (Å²) >= 11 is 6.15. The number of hydrogen-bond donors (Lipinski definition) is 1. The number of carbonyl (C=O) groups excluding carboxylic acids is 1. The number of amides is 1. The van der Waals surface area contributed by atoms with Gasteiger partial charge in [0.15, 0.2) is 5.65 Å². The number of nitrogens with zero attached hydrogens (tertiary/aromatic N) is 5. The van der Waals surface area contributed by atoms with Gasteiger partial charge in [-0.3, -0.25) is 14.8 Å². The molecule has 0 aliphatic heterocycles. The number of halogens is 2. The third-order valence-corrected chi connectivity index (χ3v) is 6.25. The number of carbonyl (C=O) groups is 1. The molecule has 0 aliphatic rings. The zero-order valence-corrected chi connectivity index (χ0v) is 21.6. The topological polar surface area (TPSA) is 83.9 Å². The fourth-order valence-corrected chi connectivity index (χ4v) is 4.23. The lowest BCUT2D eigenvalue weighted by Crippen LogP contribution is -2.31. The monoisotopic (exact) mass is 526 g/mol. The molecule has 1 aromatic carbocycles. The average molecular weight is 527 g/mol. The molecule has 4 aromatic heterocycles. The SMILES string of the molecule is CN(C)CCNC(=O)c1ccc(-c2cncc(-c3cc(-c4cc(Cl)ccc4F)nc4ncccc34)c2)cn1. The Balaban J connectivity index is 1.50. The van der Waals surface area contributed by atoms with E-state index in [-0.39, 0.29) is 5.91 Å². The van der Waals surface area contributed by atoms with E-state index in [0.717, 1.165) is 34.2 Å². The predicted molar refractivity (Wildman–Crippen MR) is 147 cm³/mol. The first-order valence-corrected chi connectivity index (χ1v) is 12.3. The van der Waals surface area contributed by atoms with E-state index >= 15 is 0 Å². The molecule has 0 spiro atoms. The van der Waals surface area contributed by atoms with Crippen LogP contribution in [0.5, 0.6) is 0 Å². The molecule has 1 amide bonds. The van der Waals surface area contributed by atoms with Crippen LogP contribution in [0.3, 0.4) is 0 Å². The highest BCUT2D eigenvalue weighted by Gasteiger charge is 2.15. The third-order valence-electron chi connectivity index (χ3n) is 6.01. The fourth-order valence-electron chi connectivity index (χ4n) is 4.06. The maximum absolute atomic E-state index is 14.7. The lowest BCUT2D eigenvalue weighted by molar-refractivity contribution is 0.0946. The first kappa shape index (κ1) is 25.4. The van der Waals surface area contributed by atoms with Crippen LogP contribution < -0.4 is 5.32 Å². The Labute approximate surface area is 224 Å². The number of likely N-dealkylation sites (N-methyl/N-ethyl adjacent to an activating group) is 1. The second-order valence-corrected chi connectivity index (χ2v) is 9.44. The number of aromatic nitrogens is 4. The molecule has 7 nitrogen and oxygen atoms in total. The summed E-state index contributed by atoms with van der Waals surface area (Å²) in [5.41, 5.74) is 4.77. The summed E-state index contributed by atoms with van der Waals surface area (Å²) < 4.78 is 14.7. The van der Waals surface area contributed by atoms with E-state index in [9.17, 15) is 9.18 Å².